The number of rotatable bonds is 5. The van der Waals surface area contributed by atoms with Gasteiger partial charge < -0.3 is 15.0 Å². The zero-order valence-electron chi connectivity index (χ0n) is 16.2. The summed E-state index contributed by atoms with van der Waals surface area (Å²) in [5.41, 5.74) is 2.06. The molecular formula is C21H19N3O4S2. The zero-order valence-corrected chi connectivity index (χ0v) is 17.8. The molecule has 7 nitrogen and oxygen atoms in total. The predicted octanol–water partition coefficient (Wildman–Crippen LogP) is 3.70. The standard InChI is InChI=1S/C21H19N3O4S2/c1-13-10-18(25)22-14-6-2-4-8-16(14)24(13)19(26)11-28-20(27)12-29-21-23-15-7-3-5-9-17(15)30-21/h2-9,13H,10-12H2,1H3,(H,22,25). The average molecular weight is 442 g/mol. The van der Waals surface area contributed by atoms with E-state index in [2.05, 4.69) is 10.3 Å². The van der Waals surface area contributed by atoms with Gasteiger partial charge in [0, 0.05) is 12.5 Å². The lowest BCUT2D eigenvalue weighted by Gasteiger charge is -2.27. The molecule has 0 saturated heterocycles. The highest BCUT2D eigenvalue weighted by Gasteiger charge is 2.30. The minimum absolute atomic E-state index is 0.0687. The number of carbonyl (C=O) groups is 3. The van der Waals surface area contributed by atoms with Crippen LogP contribution >= 0.6 is 23.1 Å². The minimum atomic E-state index is -0.488. The van der Waals surface area contributed by atoms with E-state index in [1.54, 1.807) is 31.2 Å². The Morgan fingerprint density at radius 3 is 2.83 bits per heavy atom. The first-order chi connectivity index (χ1) is 14.5. The van der Waals surface area contributed by atoms with E-state index in [-0.39, 0.29) is 36.6 Å². The summed E-state index contributed by atoms with van der Waals surface area (Å²) in [4.78, 5) is 43.0. The molecule has 0 fully saturated rings. The molecule has 1 aromatic heterocycles. The summed E-state index contributed by atoms with van der Waals surface area (Å²) in [6.07, 6.45) is 0.168. The molecule has 9 heteroatoms. The van der Waals surface area contributed by atoms with Gasteiger partial charge in [0.25, 0.3) is 5.91 Å². The maximum absolute atomic E-state index is 12.8. The summed E-state index contributed by atoms with van der Waals surface area (Å²) < 4.78 is 7.04. The molecule has 1 N–H and O–H groups in total. The SMILES string of the molecule is CC1CC(=O)Nc2ccccc2N1C(=O)COC(=O)CSc1nc2ccccc2s1. The molecule has 154 valence electrons. The maximum Gasteiger partial charge on any atom is 0.316 e. The monoisotopic (exact) mass is 441 g/mol. The number of hydrogen-bond donors (Lipinski definition) is 1. The van der Waals surface area contributed by atoms with Gasteiger partial charge in [0.2, 0.25) is 5.91 Å². The number of nitrogens with zero attached hydrogens (tertiary/aromatic N) is 2. The highest BCUT2D eigenvalue weighted by molar-refractivity contribution is 8.01. The van der Waals surface area contributed by atoms with E-state index < -0.39 is 5.97 Å². The Balaban J connectivity index is 1.36. The van der Waals surface area contributed by atoms with Crippen LogP contribution in [0.4, 0.5) is 11.4 Å². The molecule has 0 bridgehead atoms. The van der Waals surface area contributed by atoms with Crippen molar-refractivity contribution in [3.63, 3.8) is 0 Å². The van der Waals surface area contributed by atoms with E-state index in [1.807, 2.05) is 24.3 Å². The number of hydrogen-bond acceptors (Lipinski definition) is 7. The Morgan fingerprint density at radius 1 is 1.23 bits per heavy atom. The van der Waals surface area contributed by atoms with Crippen LogP contribution in [-0.4, -0.2) is 41.2 Å². The molecule has 0 radical (unpaired) electrons. The molecule has 3 aromatic rings. The molecule has 2 amide bonds. The van der Waals surface area contributed by atoms with Crippen molar-refractivity contribution in [1.82, 2.24) is 4.98 Å². The van der Waals surface area contributed by atoms with Crippen molar-refractivity contribution < 1.29 is 19.1 Å². The van der Waals surface area contributed by atoms with Gasteiger partial charge in [0.05, 0.1) is 27.3 Å². The van der Waals surface area contributed by atoms with Crippen LogP contribution in [0.3, 0.4) is 0 Å². The fraction of sp³-hybridized carbons (Fsp3) is 0.238. The fourth-order valence-corrected chi connectivity index (χ4v) is 5.12. The Labute approximate surface area is 181 Å². The second-order valence-corrected chi connectivity index (χ2v) is 9.03. The molecule has 2 aromatic carbocycles. The van der Waals surface area contributed by atoms with E-state index in [9.17, 15) is 14.4 Å². The third-order valence-corrected chi connectivity index (χ3v) is 6.73. The van der Waals surface area contributed by atoms with Gasteiger partial charge in [-0.2, -0.15) is 0 Å². The molecule has 0 saturated carbocycles. The molecule has 1 atom stereocenters. The Hall–Kier alpha value is -2.91. The molecule has 30 heavy (non-hydrogen) atoms. The van der Waals surface area contributed by atoms with Crippen molar-refractivity contribution in [3.05, 3.63) is 48.5 Å². The lowest BCUT2D eigenvalue weighted by molar-refractivity contribution is -0.145. The summed E-state index contributed by atoms with van der Waals surface area (Å²) in [7, 11) is 0. The number of thiazole rings is 1. The van der Waals surface area contributed by atoms with E-state index in [0.29, 0.717) is 11.4 Å². The number of para-hydroxylation sites is 3. The number of esters is 1. The molecule has 4 rings (SSSR count). The highest BCUT2D eigenvalue weighted by atomic mass is 32.2. The molecular weight excluding hydrogens is 422 g/mol. The largest absolute Gasteiger partial charge is 0.455 e. The Bertz CT molecular complexity index is 1080. The number of fused-ring (bicyclic) bond motifs is 2. The molecule has 0 spiro atoms. The zero-order chi connectivity index (χ0) is 21.1. The molecule has 0 aliphatic carbocycles. The topological polar surface area (TPSA) is 88.6 Å². The molecule has 1 aliphatic heterocycles. The van der Waals surface area contributed by atoms with Crippen molar-refractivity contribution in [3.8, 4) is 0 Å². The number of nitrogens with one attached hydrogen (secondary N) is 1. The van der Waals surface area contributed by atoms with Gasteiger partial charge in [-0.15, -0.1) is 11.3 Å². The van der Waals surface area contributed by atoms with Crippen LogP contribution in [0.2, 0.25) is 0 Å². The maximum atomic E-state index is 12.8. The third-order valence-electron chi connectivity index (χ3n) is 4.57. The summed E-state index contributed by atoms with van der Waals surface area (Å²) >= 11 is 2.80. The summed E-state index contributed by atoms with van der Waals surface area (Å²) in [6, 6.07) is 14.5. The lowest BCUT2D eigenvalue weighted by Crippen LogP contribution is -2.41. The highest BCUT2D eigenvalue weighted by Crippen LogP contribution is 2.32. The van der Waals surface area contributed by atoms with Crippen molar-refractivity contribution in [2.24, 2.45) is 0 Å². The smallest absolute Gasteiger partial charge is 0.316 e. The van der Waals surface area contributed by atoms with Crippen LogP contribution in [0.5, 0.6) is 0 Å². The number of amides is 2. The normalized spacial score (nSPS) is 16.0. The van der Waals surface area contributed by atoms with Crippen LogP contribution in [-0.2, 0) is 19.1 Å². The third kappa shape index (κ3) is 4.47. The van der Waals surface area contributed by atoms with Crippen molar-refractivity contribution in [2.75, 3.05) is 22.6 Å². The number of benzene rings is 2. The minimum Gasteiger partial charge on any atom is -0.455 e. The van der Waals surface area contributed by atoms with Gasteiger partial charge in [-0.1, -0.05) is 36.0 Å². The first kappa shape index (κ1) is 20.4. The quantitative estimate of drug-likeness (QED) is 0.480. The van der Waals surface area contributed by atoms with Crippen LogP contribution in [0.15, 0.2) is 52.9 Å². The predicted molar refractivity (Wildman–Crippen MR) is 118 cm³/mol. The first-order valence-electron chi connectivity index (χ1n) is 9.36. The summed E-state index contributed by atoms with van der Waals surface area (Å²) in [5.74, 6) is -0.948. The average Bonchev–Trinajstić information content (AvgIpc) is 3.09. The van der Waals surface area contributed by atoms with Gasteiger partial charge in [-0.25, -0.2) is 4.98 Å². The van der Waals surface area contributed by atoms with Crippen LogP contribution in [0.1, 0.15) is 13.3 Å². The van der Waals surface area contributed by atoms with Crippen LogP contribution in [0.25, 0.3) is 10.2 Å². The summed E-state index contributed by atoms with van der Waals surface area (Å²) in [6.45, 7) is 1.41. The van der Waals surface area contributed by atoms with E-state index in [0.717, 1.165) is 14.6 Å². The Morgan fingerprint density at radius 2 is 2.00 bits per heavy atom. The lowest BCUT2D eigenvalue weighted by atomic mass is 10.1. The van der Waals surface area contributed by atoms with Gasteiger partial charge in [0.1, 0.15) is 0 Å². The van der Waals surface area contributed by atoms with E-state index in [4.69, 9.17) is 4.74 Å². The Kier molecular flexibility index (Phi) is 6.01. The van der Waals surface area contributed by atoms with E-state index >= 15 is 0 Å². The van der Waals surface area contributed by atoms with E-state index in [1.165, 1.54) is 28.0 Å². The number of anilines is 2. The van der Waals surface area contributed by atoms with Crippen molar-refractivity contribution in [2.45, 2.75) is 23.7 Å². The summed E-state index contributed by atoms with van der Waals surface area (Å²) in [5, 5.41) is 2.80. The first-order valence-corrected chi connectivity index (χ1v) is 11.2. The number of aromatic nitrogens is 1. The molecule has 1 aliphatic rings. The van der Waals surface area contributed by atoms with Crippen LogP contribution < -0.4 is 10.2 Å². The number of thioether (sulfide) groups is 1. The van der Waals surface area contributed by atoms with Crippen molar-refractivity contribution in [1.29, 1.82) is 0 Å². The van der Waals surface area contributed by atoms with Crippen molar-refractivity contribution >= 4 is 62.5 Å². The van der Waals surface area contributed by atoms with Gasteiger partial charge >= 0.3 is 5.97 Å². The van der Waals surface area contributed by atoms with Gasteiger partial charge in [-0.05, 0) is 31.2 Å². The fourth-order valence-electron chi connectivity index (χ4n) is 3.25. The molecule has 1 unspecified atom stereocenters. The van der Waals surface area contributed by atoms with Gasteiger partial charge in [-0.3, -0.25) is 14.4 Å². The van der Waals surface area contributed by atoms with Crippen LogP contribution in [0, 0.1) is 0 Å². The molecule has 2 heterocycles. The number of carbonyl (C=O) groups excluding carboxylic acids is 3. The second-order valence-electron chi connectivity index (χ2n) is 6.78. The van der Waals surface area contributed by atoms with Gasteiger partial charge in [0.15, 0.2) is 10.9 Å². The second kappa shape index (κ2) is 8.85. The number of ether oxygens (including phenoxy) is 1.